The normalized spacial score (nSPS) is 13.9. The molecule has 2 unspecified atom stereocenters. The number of benzene rings is 1. The molecule has 2 rings (SSSR count). The van der Waals surface area contributed by atoms with Crippen molar-refractivity contribution < 1.29 is 4.42 Å². The number of hydrogen-bond donors (Lipinski definition) is 1. The Balaban J connectivity index is 1.98. The van der Waals surface area contributed by atoms with Gasteiger partial charge in [-0.2, -0.15) is 5.26 Å². The number of nitriles is 1. The summed E-state index contributed by atoms with van der Waals surface area (Å²) < 4.78 is 5.51. The molecule has 1 heterocycles. The van der Waals surface area contributed by atoms with E-state index < -0.39 is 0 Å². The van der Waals surface area contributed by atoms with Gasteiger partial charge in [0.05, 0.1) is 23.9 Å². The predicted octanol–water partition coefficient (Wildman–Crippen LogP) is 3.10. The maximum atomic E-state index is 8.83. The molecule has 0 aliphatic rings. The molecule has 2 atom stereocenters. The monoisotopic (exact) mass is 283 g/mol. The zero-order valence-corrected chi connectivity index (χ0v) is 12.7. The third-order valence-corrected chi connectivity index (χ3v) is 3.65. The lowest BCUT2D eigenvalue weighted by atomic mass is 10.1. The van der Waals surface area contributed by atoms with Crippen molar-refractivity contribution in [3.63, 3.8) is 0 Å². The molecule has 4 nitrogen and oxygen atoms in total. The molecule has 0 saturated carbocycles. The molecule has 4 heteroatoms. The fourth-order valence-electron chi connectivity index (χ4n) is 2.27. The van der Waals surface area contributed by atoms with Gasteiger partial charge in [-0.1, -0.05) is 12.1 Å². The highest BCUT2D eigenvalue weighted by atomic mass is 16.3. The van der Waals surface area contributed by atoms with Crippen LogP contribution >= 0.6 is 0 Å². The van der Waals surface area contributed by atoms with E-state index in [0.29, 0.717) is 5.56 Å². The van der Waals surface area contributed by atoms with Crippen molar-refractivity contribution in [1.82, 2.24) is 10.2 Å². The molecule has 1 N–H and O–H groups in total. The SMILES string of the molecule is CC(NCC(c1ccco1)N(C)C)c1ccc(C#N)cc1. The molecule has 0 aliphatic carbocycles. The molecular formula is C17H21N3O. The van der Waals surface area contributed by atoms with Crippen LogP contribution in [0.4, 0.5) is 0 Å². The van der Waals surface area contributed by atoms with Gasteiger partial charge in [0.25, 0.3) is 0 Å². The second kappa shape index (κ2) is 7.07. The molecular weight excluding hydrogens is 262 g/mol. The smallest absolute Gasteiger partial charge is 0.122 e. The Morgan fingerprint density at radius 1 is 1.24 bits per heavy atom. The Morgan fingerprint density at radius 3 is 2.48 bits per heavy atom. The van der Waals surface area contributed by atoms with Gasteiger partial charge >= 0.3 is 0 Å². The summed E-state index contributed by atoms with van der Waals surface area (Å²) in [5.41, 5.74) is 1.86. The number of nitrogens with zero attached hydrogens (tertiary/aromatic N) is 2. The zero-order valence-electron chi connectivity index (χ0n) is 12.7. The van der Waals surface area contributed by atoms with Crippen LogP contribution in [0.15, 0.2) is 47.1 Å². The fourth-order valence-corrected chi connectivity index (χ4v) is 2.27. The Labute approximate surface area is 126 Å². The number of likely N-dealkylation sites (N-methyl/N-ethyl adjacent to an activating group) is 1. The molecule has 0 radical (unpaired) electrons. The van der Waals surface area contributed by atoms with Crippen molar-refractivity contribution in [2.75, 3.05) is 20.6 Å². The molecule has 0 spiro atoms. The lowest BCUT2D eigenvalue weighted by Crippen LogP contribution is -2.32. The van der Waals surface area contributed by atoms with E-state index in [9.17, 15) is 0 Å². The minimum atomic E-state index is 0.195. The van der Waals surface area contributed by atoms with Crippen molar-refractivity contribution in [2.45, 2.75) is 19.0 Å². The van der Waals surface area contributed by atoms with Gasteiger partial charge in [-0.3, -0.25) is 4.90 Å². The van der Waals surface area contributed by atoms with Gasteiger partial charge in [0.15, 0.2) is 0 Å². The van der Waals surface area contributed by atoms with Crippen LogP contribution in [0.5, 0.6) is 0 Å². The molecule has 1 aromatic carbocycles. The zero-order chi connectivity index (χ0) is 15.2. The lowest BCUT2D eigenvalue weighted by Gasteiger charge is -2.25. The summed E-state index contributed by atoms with van der Waals surface area (Å²) in [6.07, 6.45) is 1.70. The lowest BCUT2D eigenvalue weighted by molar-refractivity contribution is 0.245. The molecule has 21 heavy (non-hydrogen) atoms. The molecule has 110 valence electrons. The van der Waals surface area contributed by atoms with Crippen molar-refractivity contribution in [3.05, 3.63) is 59.5 Å². The maximum Gasteiger partial charge on any atom is 0.122 e. The minimum Gasteiger partial charge on any atom is -0.468 e. The fraction of sp³-hybridized carbons (Fsp3) is 0.353. The molecule has 0 fully saturated rings. The molecule has 0 bridgehead atoms. The van der Waals surface area contributed by atoms with E-state index in [1.54, 1.807) is 6.26 Å². The highest BCUT2D eigenvalue weighted by Gasteiger charge is 2.17. The largest absolute Gasteiger partial charge is 0.468 e. The molecule has 2 aromatic rings. The first-order valence-electron chi connectivity index (χ1n) is 7.05. The van der Waals surface area contributed by atoms with E-state index in [-0.39, 0.29) is 12.1 Å². The van der Waals surface area contributed by atoms with E-state index in [4.69, 9.17) is 9.68 Å². The molecule has 0 saturated heterocycles. The summed E-state index contributed by atoms with van der Waals surface area (Å²) in [4.78, 5) is 2.14. The summed E-state index contributed by atoms with van der Waals surface area (Å²) in [7, 11) is 4.09. The third kappa shape index (κ3) is 3.94. The predicted molar refractivity (Wildman–Crippen MR) is 82.7 cm³/mol. The first kappa shape index (κ1) is 15.3. The van der Waals surface area contributed by atoms with E-state index in [2.05, 4.69) is 23.2 Å². The molecule has 0 aliphatic heterocycles. The second-order valence-corrected chi connectivity index (χ2v) is 5.36. The van der Waals surface area contributed by atoms with Crippen molar-refractivity contribution in [2.24, 2.45) is 0 Å². The summed E-state index contributed by atoms with van der Waals surface area (Å²) in [5, 5.41) is 12.3. The highest BCUT2D eigenvalue weighted by Crippen LogP contribution is 2.20. The first-order valence-corrected chi connectivity index (χ1v) is 7.05. The Kier molecular flexibility index (Phi) is 5.15. The van der Waals surface area contributed by atoms with Gasteiger partial charge in [-0.05, 0) is 50.8 Å². The number of rotatable bonds is 6. The topological polar surface area (TPSA) is 52.2 Å². The van der Waals surface area contributed by atoms with Crippen LogP contribution in [0.1, 0.15) is 35.9 Å². The number of nitrogens with one attached hydrogen (secondary N) is 1. The second-order valence-electron chi connectivity index (χ2n) is 5.36. The molecule has 0 amide bonds. The van der Waals surface area contributed by atoms with E-state index in [1.165, 1.54) is 5.56 Å². The number of furan rings is 1. The van der Waals surface area contributed by atoms with Crippen molar-refractivity contribution >= 4 is 0 Å². The van der Waals surface area contributed by atoms with Crippen LogP contribution < -0.4 is 5.32 Å². The van der Waals surface area contributed by atoms with Crippen LogP contribution in [0.3, 0.4) is 0 Å². The van der Waals surface area contributed by atoms with Gasteiger partial charge in [-0.15, -0.1) is 0 Å². The Morgan fingerprint density at radius 2 is 1.95 bits per heavy atom. The van der Waals surface area contributed by atoms with Gasteiger partial charge in [-0.25, -0.2) is 0 Å². The maximum absolute atomic E-state index is 8.83. The van der Waals surface area contributed by atoms with Crippen LogP contribution in [0, 0.1) is 11.3 Å². The van der Waals surface area contributed by atoms with Crippen LogP contribution in [0.2, 0.25) is 0 Å². The van der Waals surface area contributed by atoms with Gasteiger partial charge in [0.2, 0.25) is 0 Å². The van der Waals surface area contributed by atoms with E-state index >= 15 is 0 Å². The van der Waals surface area contributed by atoms with Crippen LogP contribution in [0.25, 0.3) is 0 Å². The summed E-state index contributed by atoms with van der Waals surface area (Å²) in [5.74, 6) is 0.958. The van der Waals surface area contributed by atoms with E-state index in [0.717, 1.165) is 12.3 Å². The van der Waals surface area contributed by atoms with Crippen molar-refractivity contribution in [3.8, 4) is 6.07 Å². The van der Waals surface area contributed by atoms with Crippen LogP contribution in [-0.4, -0.2) is 25.5 Å². The van der Waals surface area contributed by atoms with Crippen LogP contribution in [-0.2, 0) is 0 Å². The summed E-state index contributed by atoms with van der Waals surface area (Å²) in [6, 6.07) is 14.2. The minimum absolute atomic E-state index is 0.195. The van der Waals surface area contributed by atoms with Crippen molar-refractivity contribution in [1.29, 1.82) is 5.26 Å². The average molecular weight is 283 g/mol. The first-order chi connectivity index (χ1) is 10.1. The van der Waals surface area contributed by atoms with Gasteiger partial charge < -0.3 is 9.73 Å². The van der Waals surface area contributed by atoms with Gasteiger partial charge in [0, 0.05) is 12.6 Å². The summed E-state index contributed by atoms with van der Waals surface area (Å²) >= 11 is 0. The number of hydrogen-bond acceptors (Lipinski definition) is 4. The standard InChI is InChI=1S/C17H21N3O/c1-13(15-8-6-14(11-18)7-9-15)19-12-16(20(2)3)17-5-4-10-21-17/h4-10,13,16,19H,12H2,1-3H3. The Bertz CT molecular complexity index is 581. The summed E-state index contributed by atoms with van der Waals surface area (Å²) in [6.45, 7) is 2.91. The quantitative estimate of drug-likeness (QED) is 0.885. The molecule has 1 aromatic heterocycles. The third-order valence-electron chi connectivity index (χ3n) is 3.65. The average Bonchev–Trinajstić information content (AvgIpc) is 3.01. The highest BCUT2D eigenvalue weighted by molar-refractivity contribution is 5.32. The Hall–Kier alpha value is -2.09. The van der Waals surface area contributed by atoms with Gasteiger partial charge in [0.1, 0.15) is 5.76 Å². The van der Waals surface area contributed by atoms with E-state index in [1.807, 2.05) is 50.5 Å².